The Labute approximate surface area is 654 Å². The number of rotatable bonds is 30. The number of fused-ring (bicyclic) bond motifs is 1. The van der Waals surface area contributed by atoms with E-state index in [1.54, 1.807) is 200 Å². The van der Waals surface area contributed by atoms with Crippen LogP contribution in [-0.4, -0.2) is 222 Å². The van der Waals surface area contributed by atoms with Crippen molar-refractivity contribution in [3.05, 3.63) is 251 Å². The van der Waals surface area contributed by atoms with Crippen molar-refractivity contribution in [1.29, 1.82) is 0 Å². The van der Waals surface area contributed by atoms with Crippen LogP contribution in [0.1, 0.15) is 62.9 Å². The van der Waals surface area contributed by atoms with Gasteiger partial charge in [-0.3, -0.25) is 4.79 Å². The number of amides is 6. The van der Waals surface area contributed by atoms with Crippen molar-refractivity contribution < 1.29 is 131 Å². The third-order valence-corrected chi connectivity index (χ3v) is 19.4. The summed E-state index contributed by atoms with van der Waals surface area (Å²) in [6.45, 7) is -3.25. The first-order chi connectivity index (χ1) is 55.4. The Kier molecular flexibility index (Phi) is 29.6. The number of alkyl carbamates (subject to hydrolysis) is 5. The van der Waals surface area contributed by atoms with Gasteiger partial charge in [-0.05, 0) is 46.4 Å². The molecule has 114 heavy (non-hydrogen) atoms. The average molecular weight is 1580 g/mol. The molecule has 12 N–H and O–H groups in total. The molecule has 21 atom stereocenters. The zero-order valence-corrected chi connectivity index (χ0v) is 61.4. The summed E-state index contributed by atoms with van der Waals surface area (Å²) in [5, 5.41) is 89.1. The smallest absolute Gasteiger partial charge is 0.407 e. The number of hydrogen-bond donors (Lipinski definition) is 12. The lowest BCUT2D eigenvalue weighted by Crippen LogP contribution is -2.71. The SMILES string of the molecule is O=C(NCC[C@H](OC(=O)c1ccccc1)C(=O)N[C@@H]1C[C@H](NC(=O)OCc2ccccc2)[C@@H](O[C@H]2O[C@@H]3COC(c4ccccc4)O[C@H]3[C@H](O)[C@H]2NC(=O)OCc2ccccc2)[C@H](O[C@@H]2O[C@H](CO)[C@@H](O[C@H]3O[C@@H](CNC(=O)OCc4ccccc4)[C@@H](O)[C@H](O)[C@H]3NC(=O)OCc3ccccc3)[C@H]2O)[C@H]1O)OCc1ccccc1. The van der Waals surface area contributed by atoms with Gasteiger partial charge in [0.15, 0.2) is 31.3 Å². The molecule has 7 aromatic carbocycles. The van der Waals surface area contributed by atoms with Gasteiger partial charge < -0.3 is 129 Å². The van der Waals surface area contributed by atoms with E-state index < -0.39 is 197 Å². The molecule has 5 fully saturated rings. The maximum Gasteiger partial charge on any atom is 0.407 e. The highest BCUT2D eigenvalue weighted by Gasteiger charge is 2.58. The van der Waals surface area contributed by atoms with E-state index in [0.717, 1.165) is 0 Å². The molecule has 0 aromatic heterocycles. The van der Waals surface area contributed by atoms with Crippen molar-refractivity contribution in [3.8, 4) is 0 Å². The predicted molar refractivity (Wildman–Crippen MR) is 394 cm³/mol. The zero-order chi connectivity index (χ0) is 79.9. The summed E-state index contributed by atoms with van der Waals surface area (Å²) in [6.07, 6.45) is -36.4. The van der Waals surface area contributed by atoms with E-state index in [2.05, 4.69) is 31.9 Å². The van der Waals surface area contributed by atoms with Gasteiger partial charge in [-0.2, -0.15) is 0 Å². The third-order valence-electron chi connectivity index (χ3n) is 19.4. The highest BCUT2D eigenvalue weighted by atomic mass is 16.8. The summed E-state index contributed by atoms with van der Waals surface area (Å²) in [4.78, 5) is 97.7. The van der Waals surface area contributed by atoms with Crippen LogP contribution in [0.5, 0.6) is 0 Å². The number of esters is 1. The summed E-state index contributed by atoms with van der Waals surface area (Å²) < 4.78 is 85.3. The number of benzene rings is 7. The Morgan fingerprint density at radius 3 is 1.37 bits per heavy atom. The van der Waals surface area contributed by atoms with Crippen LogP contribution in [0.15, 0.2) is 212 Å². The summed E-state index contributed by atoms with van der Waals surface area (Å²) in [7, 11) is 0. The normalized spacial score (nSPS) is 27.9. The van der Waals surface area contributed by atoms with Gasteiger partial charge in [-0.15, -0.1) is 0 Å². The minimum absolute atomic E-state index is 0.0278. The molecular weight excluding hydrogens is 1490 g/mol. The van der Waals surface area contributed by atoms with Crippen molar-refractivity contribution in [2.45, 2.75) is 175 Å². The maximum atomic E-state index is 15.1. The molecule has 4 saturated heterocycles. The second kappa shape index (κ2) is 40.8. The Morgan fingerprint density at radius 1 is 0.412 bits per heavy atom. The third kappa shape index (κ3) is 22.6. The second-order valence-electron chi connectivity index (χ2n) is 27.3. The molecular formula is C81H90N6O27. The fraction of sp³-hybridized carbons (Fsp3) is 0.395. The van der Waals surface area contributed by atoms with E-state index in [1.165, 1.54) is 12.1 Å². The first-order valence-electron chi connectivity index (χ1n) is 37.0. The van der Waals surface area contributed by atoms with Crippen molar-refractivity contribution in [1.82, 2.24) is 31.9 Å². The van der Waals surface area contributed by atoms with Crippen LogP contribution in [0.3, 0.4) is 0 Å². The Balaban J connectivity index is 0.873. The van der Waals surface area contributed by atoms with Crippen LogP contribution in [0.2, 0.25) is 0 Å². The van der Waals surface area contributed by atoms with E-state index in [-0.39, 0.29) is 51.7 Å². The maximum absolute atomic E-state index is 15.1. The predicted octanol–water partition coefficient (Wildman–Crippen LogP) is 4.47. The van der Waals surface area contributed by atoms with Crippen molar-refractivity contribution >= 4 is 42.3 Å². The number of ether oxygens (including phenoxy) is 14. The Hall–Kier alpha value is -10.7. The van der Waals surface area contributed by atoms with Crippen molar-refractivity contribution in [2.75, 3.05) is 26.3 Å². The van der Waals surface area contributed by atoms with Gasteiger partial charge in [0.25, 0.3) is 5.91 Å². The van der Waals surface area contributed by atoms with Gasteiger partial charge in [0.05, 0.1) is 30.9 Å². The van der Waals surface area contributed by atoms with Crippen molar-refractivity contribution in [2.24, 2.45) is 0 Å². The molecule has 1 aliphatic carbocycles. The minimum atomic E-state index is -2.15. The van der Waals surface area contributed by atoms with E-state index in [1.807, 2.05) is 0 Å². The lowest BCUT2D eigenvalue weighted by Gasteiger charge is -2.51. The molecule has 1 saturated carbocycles. The lowest BCUT2D eigenvalue weighted by molar-refractivity contribution is -0.358. The van der Waals surface area contributed by atoms with Crippen LogP contribution in [0, 0.1) is 0 Å². The Morgan fingerprint density at radius 2 is 0.851 bits per heavy atom. The number of aliphatic hydroxyl groups is 6. The van der Waals surface area contributed by atoms with E-state index >= 15 is 4.79 Å². The van der Waals surface area contributed by atoms with Crippen LogP contribution < -0.4 is 31.9 Å². The van der Waals surface area contributed by atoms with Crippen LogP contribution in [-0.2, 0) is 104 Å². The highest BCUT2D eigenvalue weighted by Crippen LogP contribution is 2.39. The molecule has 0 radical (unpaired) electrons. The molecule has 33 heteroatoms. The minimum Gasteiger partial charge on any atom is -0.449 e. The highest BCUT2D eigenvalue weighted by molar-refractivity contribution is 5.92. The molecule has 1 unspecified atom stereocenters. The molecule has 33 nitrogen and oxygen atoms in total. The average Bonchev–Trinajstić information content (AvgIpc) is 1.40. The summed E-state index contributed by atoms with van der Waals surface area (Å²) >= 11 is 0. The molecule has 0 bridgehead atoms. The zero-order valence-electron chi connectivity index (χ0n) is 61.4. The van der Waals surface area contributed by atoms with Gasteiger partial charge in [-0.25, -0.2) is 28.8 Å². The molecule has 5 aliphatic rings. The number of carbonyl (C=O) groups is 7. The molecule has 4 heterocycles. The molecule has 12 rings (SSSR count). The Bertz CT molecular complexity index is 4200. The van der Waals surface area contributed by atoms with Crippen molar-refractivity contribution in [3.63, 3.8) is 0 Å². The summed E-state index contributed by atoms with van der Waals surface area (Å²) in [6, 6.07) is 52.8. The number of hydrogen-bond acceptors (Lipinski definition) is 27. The molecule has 6 amide bonds. The van der Waals surface area contributed by atoms with E-state index in [9.17, 15) is 59.4 Å². The fourth-order valence-electron chi connectivity index (χ4n) is 13.5. The number of aliphatic hydroxyl groups excluding tert-OH is 6. The van der Waals surface area contributed by atoms with Crippen LogP contribution >= 0.6 is 0 Å². The standard InChI is InChI=1S/C81H90N6O27/c88-40-58-68(113-74-60(86-80(99)105-44-50-28-14-4-15-29-50)64(91)63(90)57(108-74)39-83-78(97)103-42-48-24-10-2-11-25-48)66(93)76(109-58)114-70-62(89)54(84-71(94)56(107-72(95)52-32-18-6-19-33-52)36-37-82-77(96)102-41-47-22-8-1-9-23-47)38-55(85-79(98)104-43-49-26-12-3-13-27-49)67(70)111-75-61(87-81(100)106-45-51-30-16-5-17-31-51)65(92)69-59(110-75)46-101-73(112-69)53-34-20-7-21-35-53/h1-35,54-70,73-76,88-93H,36-46H2,(H,82,96)(H,83,97)(H,84,94)(H,85,98)(H,86,99)(H,87,100)/t54-,55+,56+,57+,58-,59-,60-,61-,62+,63-,64-,65-,66-,67-,68-,69-,70-,73?,74-,75-,76+/m1/s1. The number of nitrogens with one attached hydrogen (secondary N) is 6. The van der Waals surface area contributed by atoms with Gasteiger partial charge in [0.2, 0.25) is 0 Å². The van der Waals surface area contributed by atoms with E-state index in [0.29, 0.717) is 33.4 Å². The monoisotopic (exact) mass is 1580 g/mol. The summed E-state index contributed by atoms with van der Waals surface area (Å²) in [5.74, 6) is -2.05. The molecule has 4 aliphatic heterocycles. The molecule has 606 valence electrons. The fourth-order valence-corrected chi connectivity index (χ4v) is 13.5. The van der Waals surface area contributed by atoms with Gasteiger partial charge >= 0.3 is 36.4 Å². The molecule has 7 aromatic rings. The lowest BCUT2D eigenvalue weighted by atomic mass is 9.83. The first kappa shape index (κ1) is 82.7. The largest absolute Gasteiger partial charge is 0.449 e. The van der Waals surface area contributed by atoms with Crippen LogP contribution in [0.25, 0.3) is 0 Å². The van der Waals surface area contributed by atoms with Gasteiger partial charge in [0, 0.05) is 25.1 Å². The molecule has 0 spiro atoms. The van der Waals surface area contributed by atoms with Crippen LogP contribution in [0.4, 0.5) is 24.0 Å². The van der Waals surface area contributed by atoms with E-state index in [4.69, 9.17) is 66.3 Å². The first-order valence-corrected chi connectivity index (χ1v) is 37.0. The van der Waals surface area contributed by atoms with Gasteiger partial charge in [0.1, 0.15) is 118 Å². The van der Waals surface area contributed by atoms with Gasteiger partial charge in [-0.1, -0.05) is 200 Å². The number of carbonyl (C=O) groups excluding carboxylic acids is 7. The quantitative estimate of drug-likeness (QED) is 0.0218. The summed E-state index contributed by atoms with van der Waals surface area (Å²) in [5.41, 5.74) is 3.61. The topological polar surface area (TPSA) is 442 Å². The second-order valence-corrected chi connectivity index (χ2v) is 27.3.